The third kappa shape index (κ3) is 7.05. The van der Waals surface area contributed by atoms with E-state index in [9.17, 15) is 19.7 Å². The SMILES string of the molecule is CNC(=O)C(Cc1ccccc1)N(Cc1cccc(Br)c1)C(=O)COc1ccc([N+](=O)[O-])c(OC)c1. The van der Waals surface area contributed by atoms with E-state index >= 15 is 0 Å². The molecule has 0 fully saturated rings. The fourth-order valence-corrected chi connectivity index (χ4v) is 4.13. The Morgan fingerprint density at radius 1 is 1.06 bits per heavy atom. The maximum absolute atomic E-state index is 13.5. The second-order valence-corrected chi connectivity index (χ2v) is 8.77. The molecule has 1 atom stereocenters. The number of ether oxygens (including phenoxy) is 2. The summed E-state index contributed by atoms with van der Waals surface area (Å²) in [6.45, 7) is -0.201. The number of carbonyl (C=O) groups excluding carboxylic acids is 2. The largest absolute Gasteiger partial charge is 0.490 e. The Balaban J connectivity index is 1.88. The minimum absolute atomic E-state index is 0.0169. The summed E-state index contributed by atoms with van der Waals surface area (Å²) < 4.78 is 11.6. The Kier molecular flexibility index (Phi) is 9.40. The van der Waals surface area contributed by atoms with Crippen LogP contribution in [-0.4, -0.2) is 48.4 Å². The van der Waals surface area contributed by atoms with Gasteiger partial charge in [0.05, 0.1) is 12.0 Å². The highest BCUT2D eigenvalue weighted by molar-refractivity contribution is 9.10. The fraction of sp³-hybridized carbons (Fsp3) is 0.231. The van der Waals surface area contributed by atoms with Gasteiger partial charge in [0.25, 0.3) is 5.91 Å². The van der Waals surface area contributed by atoms with Gasteiger partial charge in [-0.3, -0.25) is 19.7 Å². The van der Waals surface area contributed by atoms with Crippen molar-refractivity contribution in [3.63, 3.8) is 0 Å². The highest BCUT2D eigenvalue weighted by atomic mass is 79.9. The molecule has 0 spiro atoms. The number of nitrogens with zero attached hydrogens (tertiary/aromatic N) is 2. The molecule has 0 aliphatic heterocycles. The number of nitro benzene ring substituents is 1. The van der Waals surface area contributed by atoms with Gasteiger partial charge in [-0.25, -0.2) is 0 Å². The van der Waals surface area contributed by atoms with Crippen LogP contribution in [-0.2, 0) is 22.6 Å². The lowest BCUT2D eigenvalue weighted by molar-refractivity contribution is -0.385. The van der Waals surface area contributed by atoms with Gasteiger partial charge in [0.2, 0.25) is 11.7 Å². The molecule has 0 aromatic heterocycles. The van der Waals surface area contributed by atoms with E-state index in [1.54, 1.807) is 0 Å². The summed E-state index contributed by atoms with van der Waals surface area (Å²) in [6.07, 6.45) is 0.311. The second kappa shape index (κ2) is 12.7. The van der Waals surface area contributed by atoms with Crippen molar-refractivity contribution in [2.24, 2.45) is 0 Å². The van der Waals surface area contributed by atoms with Crippen LogP contribution in [0.1, 0.15) is 11.1 Å². The van der Waals surface area contributed by atoms with Crippen molar-refractivity contribution in [3.05, 3.63) is 98.5 Å². The van der Waals surface area contributed by atoms with Gasteiger partial charge in [0.1, 0.15) is 11.8 Å². The topological polar surface area (TPSA) is 111 Å². The van der Waals surface area contributed by atoms with E-state index in [1.807, 2.05) is 54.6 Å². The Morgan fingerprint density at radius 2 is 1.78 bits per heavy atom. The number of benzene rings is 3. The average Bonchev–Trinajstić information content (AvgIpc) is 2.89. The number of rotatable bonds is 11. The number of amides is 2. The second-order valence-electron chi connectivity index (χ2n) is 7.85. The standard InChI is InChI=1S/C26H26BrN3O6/c1-28-26(32)23(14-18-7-4-3-5-8-18)29(16-19-9-6-10-20(27)13-19)25(31)17-36-21-11-12-22(30(33)34)24(15-21)35-2/h3-13,15,23H,14,16-17H2,1-2H3,(H,28,32). The van der Waals surface area contributed by atoms with Gasteiger partial charge < -0.3 is 19.7 Å². The first-order valence-electron chi connectivity index (χ1n) is 11.1. The predicted molar refractivity (Wildman–Crippen MR) is 138 cm³/mol. The lowest BCUT2D eigenvalue weighted by Crippen LogP contribution is -2.51. The quantitative estimate of drug-likeness (QED) is 0.281. The zero-order valence-electron chi connectivity index (χ0n) is 19.8. The number of halogens is 1. The molecule has 0 aliphatic carbocycles. The normalized spacial score (nSPS) is 11.3. The van der Waals surface area contributed by atoms with E-state index in [2.05, 4.69) is 21.2 Å². The molecule has 10 heteroatoms. The number of nitro groups is 1. The van der Waals surface area contributed by atoms with E-state index in [0.717, 1.165) is 15.6 Å². The maximum atomic E-state index is 13.5. The number of methoxy groups -OCH3 is 1. The molecule has 3 aromatic carbocycles. The fourth-order valence-electron chi connectivity index (χ4n) is 3.68. The summed E-state index contributed by atoms with van der Waals surface area (Å²) in [5, 5.41) is 13.8. The number of hydrogen-bond acceptors (Lipinski definition) is 6. The molecule has 3 aromatic rings. The van der Waals surface area contributed by atoms with E-state index in [0.29, 0.717) is 6.42 Å². The molecular weight excluding hydrogens is 530 g/mol. The van der Waals surface area contributed by atoms with E-state index in [1.165, 1.54) is 37.3 Å². The molecule has 0 saturated carbocycles. The third-order valence-corrected chi connectivity index (χ3v) is 5.96. The third-order valence-electron chi connectivity index (χ3n) is 5.47. The van der Waals surface area contributed by atoms with Gasteiger partial charge >= 0.3 is 5.69 Å². The summed E-state index contributed by atoms with van der Waals surface area (Å²) in [5.41, 5.74) is 1.52. The Morgan fingerprint density at radius 3 is 2.42 bits per heavy atom. The van der Waals surface area contributed by atoms with Crippen molar-refractivity contribution < 1.29 is 24.0 Å². The van der Waals surface area contributed by atoms with Crippen molar-refractivity contribution in [2.45, 2.75) is 19.0 Å². The van der Waals surface area contributed by atoms with Gasteiger partial charge in [-0.05, 0) is 29.3 Å². The first-order valence-corrected chi connectivity index (χ1v) is 11.9. The molecule has 2 amide bonds. The first kappa shape index (κ1) is 26.7. The lowest BCUT2D eigenvalue weighted by Gasteiger charge is -2.31. The van der Waals surface area contributed by atoms with Gasteiger partial charge in [0, 0.05) is 36.6 Å². The number of likely N-dealkylation sites (N-methyl/N-ethyl adjacent to an activating group) is 1. The zero-order chi connectivity index (χ0) is 26.1. The van der Waals surface area contributed by atoms with Gasteiger partial charge in [-0.2, -0.15) is 0 Å². The van der Waals surface area contributed by atoms with Crippen LogP contribution in [0.4, 0.5) is 5.69 Å². The van der Waals surface area contributed by atoms with Crippen LogP contribution in [0.3, 0.4) is 0 Å². The maximum Gasteiger partial charge on any atom is 0.311 e. The van der Waals surface area contributed by atoms with Crippen molar-refractivity contribution in [3.8, 4) is 11.5 Å². The van der Waals surface area contributed by atoms with Crippen molar-refractivity contribution in [1.82, 2.24) is 10.2 Å². The first-order chi connectivity index (χ1) is 17.3. The molecule has 0 heterocycles. The molecule has 36 heavy (non-hydrogen) atoms. The Bertz CT molecular complexity index is 1220. The monoisotopic (exact) mass is 555 g/mol. The molecular formula is C26H26BrN3O6. The van der Waals surface area contributed by atoms with Gasteiger partial charge in [-0.1, -0.05) is 58.4 Å². The zero-order valence-corrected chi connectivity index (χ0v) is 21.4. The van der Waals surface area contributed by atoms with Crippen LogP contribution in [0.2, 0.25) is 0 Å². The molecule has 0 aliphatic rings. The summed E-state index contributed by atoms with van der Waals surface area (Å²) in [6, 6.07) is 20.1. The molecule has 0 radical (unpaired) electrons. The Labute approximate surface area is 217 Å². The van der Waals surface area contributed by atoms with E-state index in [-0.39, 0.29) is 36.2 Å². The van der Waals surface area contributed by atoms with Crippen LogP contribution >= 0.6 is 15.9 Å². The number of carbonyl (C=O) groups is 2. The van der Waals surface area contributed by atoms with Gasteiger partial charge in [0.15, 0.2) is 6.61 Å². The summed E-state index contributed by atoms with van der Waals surface area (Å²) >= 11 is 3.45. The van der Waals surface area contributed by atoms with Crippen LogP contribution in [0, 0.1) is 10.1 Å². The Hall–Kier alpha value is -3.92. The number of hydrogen-bond donors (Lipinski definition) is 1. The lowest BCUT2D eigenvalue weighted by atomic mass is 10.0. The van der Waals surface area contributed by atoms with E-state index < -0.39 is 16.9 Å². The minimum atomic E-state index is -0.793. The van der Waals surface area contributed by atoms with Crippen LogP contribution in [0.5, 0.6) is 11.5 Å². The molecule has 1 N–H and O–H groups in total. The molecule has 9 nitrogen and oxygen atoms in total. The summed E-state index contributed by atoms with van der Waals surface area (Å²) in [7, 11) is 2.84. The molecule has 0 bridgehead atoms. The van der Waals surface area contributed by atoms with Crippen LogP contribution < -0.4 is 14.8 Å². The minimum Gasteiger partial charge on any atom is -0.490 e. The van der Waals surface area contributed by atoms with Crippen LogP contribution in [0.15, 0.2) is 77.3 Å². The molecule has 188 valence electrons. The number of nitrogens with one attached hydrogen (secondary N) is 1. The van der Waals surface area contributed by atoms with E-state index in [4.69, 9.17) is 9.47 Å². The van der Waals surface area contributed by atoms with Gasteiger partial charge in [-0.15, -0.1) is 0 Å². The molecule has 3 rings (SSSR count). The van der Waals surface area contributed by atoms with Crippen molar-refractivity contribution in [2.75, 3.05) is 20.8 Å². The van der Waals surface area contributed by atoms with Crippen molar-refractivity contribution in [1.29, 1.82) is 0 Å². The molecule has 1 unspecified atom stereocenters. The predicted octanol–water partition coefficient (Wildman–Crippen LogP) is 4.13. The smallest absolute Gasteiger partial charge is 0.311 e. The summed E-state index contributed by atoms with van der Waals surface area (Å²) in [5.74, 6) is -0.480. The highest BCUT2D eigenvalue weighted by Gasteiger charge is 2.30. The van der Waals surface area contributed by atoms with Crippen LogP contribution in [0.25, 0.3) is 0 Å². The average molecular weight is 556 g/mol. The molecule has 0 saturated heterocycles. The van der Waals surface area contributed by atoms with Crippen molar-refractivity contribution >= 4 is 33.4 Å². The highest BCUT2D eigenvalue weighted by Crippen LogP contribution is 2.31. The summed E-state index contributed by atoms with van der Waals surface area (Å²) in [4.78, 5) is 38.5.